The Kier molecular flexibility index (Phi) is 4.83. The molecule has 23 heavy (non-hydrogen) atoms. The van der Waals surface area contributed by atoms with Gasteiger partial charge >= 0.3 is 0 Å². The van der Waals surface area contributed by atoms with Gasteiger partial charge in [-0.25, -0.2) is 0 Å². The lowest BCUT2D eigenvalue weighted by molar-refractivity contribution is -0.114. The number of anilines is 2. The summed E-state index contributed by atoms with van der Waals surface area (Å²) in [6.07, 6.45) is 3.22. The Morgan fingerprint density at radius 2 is 2.09 bits per heavy atom. The van der Waals surface area contributed by atoms with Crippen LogP contribution in [-0.2, 0) is 9.59 Å². The quantitative estimate of drug-likeness (QED) is 0.776. The second-order valence-electron chi connectivity index (χ2n) is 4.89. The standard InChI is InChI=1S/C17H13BrN2O2S/c18-13-4-2-1-3-11(13)5-8-16(21)19-12-6-7-15-14(9-12)20-17(22)10-23-15/h1-9H,10H2,(H,19,21)(H,20,22)/b8-5+. The Morgan fingerprint density at radius 3 is 2.91 bits per heavy atom. The van der Waals surface area contributed by atoms with E-state index < -0.39 is 0 Å². The van der Waals surface area contributed by atoms with Crippen LogP contribution in [0.3, 0.4) is 0 Å². The van der Waals surface area contributed by atoms with Gasteiger partial charge in [0, 0.05) is 21.1 Å². The van der Waals surface area contributed by atoms with Crippen molar-refractivity contribution in [3.05, 3.63) is 58.6 Å². The van der Waals surface area contributed by atoms with E-state index in [1.54, 1.807) is 12.1 Å². The minimum absolute atomic E-state index is 0.0280. The molecule has 0 bridgehead atoms. The fraction of sp³-hybridized carbons (Fsp3) is 0.0588. The maximum absolute atomic E-state index is 12.0. The second-order valence-corrected chi connectivity index (χ2v) is 6.76. The molecular formula is C17H13BrN2O2S. The molecule has 2 aromatic carbocycles. The fourth-order valence-electron chi connectivity index (χ4n) is 2.12. The molecule has 0 spiro atoms. The predicted octanol–water partition coefficient (Wildman–Crippen LogP) is 4.15. The number of carbonyl (C=O) groups is 2. The molecule has 0 aliphatic carbocycles. The number of nitrogens with one attached hydrogen (secondary N) is 2. The van der Waals surface area contributed by atoms with Crippen molar-refractivity contribution in [2.75, 3.05) is 16.4 Å². The number of thioether (sulfide) groups is 1. The predicted molar refractivity (Wildman–Crippen MR) is 97.6 cm³/mol. The van der Waals surface area contributed by atoms with Crippen LogP contribution in [0.5, 0.6) is 0 Å². The first kappa shape index (κ1) is 15.8. The highest BCUT2D eigenvalue weighted by Crippen LogP contribution is 2.33. The Hall–Kier alpha value is -2.05. The lowest BCUT2D eigenvalue weighted by Crippen LogP contribution is -2.19. The first-order valence-electron chi connectivity index (χ1n) is 6.92. The molecule has 116 valence electrons. The molecule has 2 N–H and O–H groups in total. The van der Waals surface area contributed by atoms with Crippen molar-refractivity contribution in [2.24, 2.45) is 0 Å². The number of hydrogen-bond acceptors (Lipinski definition) is 3. The molecule has 6 heteroatoms. The fourth-order valence-corrected chi connectivity index (χ4v) is 3.33. The molecule has 0 fully saturated rings. The van der Waals surface area contributed by atoms with Crippen LogP contribution in [0.2, 0.25) is 0 Å². The van der Waals surface area contributed by atoms with E-state index in [1.165, 1.54) is 17.8 Å². The molecule has 1 aliphatic rings. The Balaban J connectivity index is 1.70. The average Bonchev–Trinajstić information content (AvgIpc) is 2.54. The van der Waals surface area contributed by atoms with Gasteiger partial charge in [0.15, 0.2) is 0 Å². The highest BCUT2D eigenvalue weighted by Gasteiger charge is 2.15. The Morgan fingerprint density at radius 1 is 1.26 bits per heavy atom. The highest BCUT2D eigenvalue weighted by molar-refractivity contribution is 9.10. The summed E-state index contributed by atoms with van der Waals surface area (Å²) in [6, 6.07) is 13.2. The zero-order valence-corrected chi connectivity index (χ0v) is 14.4. The van der Waals surface area contributed by atoms with Crippen LogP contribution in [0.1, 0.15) is 5.56 Å². The maximum atomic E-state index is 12.0. The summed E-state index contributed by atoms with van der Waals surface area (Å²) >= 11 is 4.92. The normalized spacial score (nSPS) is 13.5. The van der Waals surface area contributed by atoms with Gasteiger partial charge in [0.25, 0.3) is 0 Å². The molecule has 2 amide bonds. The molecule has 4 nitrogen and oxygen atoms in total. The number of benzene rings is 2. The number of hydrogen-bond donors (Lipinski definition) is 2. The van der Waals surface area contributed by atoms with Crippen molar-refractivity contribution in [3.8, 4) is 0 Å². The van der Waals surface area contributed by atoms with Gasteiger partial charge in [0.1, 0.15) is 0 Å². The van der Waals surface area contributed by atoms with Crippen molar-refractivity contribution in [3.63, 3.8) is 0 Å². The first-order chi connectivity index (χ1) is 11.1. The first-order valence-corrected chi connectivity index (χ1v) is 8.70. The van der Waals surface area contributed by atoms with E-state index in [2.05, 4.69) is 26.6 Å². The maximum Gasteiger partial charge on any atom is 0.248 e. The molecule has 3 rings (SSSR count). The third-order valence-corrected chi connectivity index (χ3v) is 5.00. The minimum atomic E-state index is -0.226. The van der Waals surface area contributed by atoms with E-state index in [4.69, 9.17) is 0 Å². The van der Waals surface area contributed by atoms with Gasteiger partial charge in [-0.15, -0.1) is 11.8 Å². The van der Waals surface area contributed by atoms with Crippen molar-refractivity contribution >= 4 is 57.0 Å². The number of fused-ring (bicyclic) bond motifs is 1. The smallest absolute Gasteiger partial charge is 0.248 e. The van der Waals surface area contributed by atoms with Crippen molar-refractivity contribution in [2.45, 2.75) is 4.90 Å². The van der Waals surface area contributed by atoms with Crippen LogP contribution in [0.25, 0.3) is 6.08 Å². The molecule has 1 heterocycles. The van der Waals surface area contributed by atoms with Crippen LogP contribution in [0.4, 0.5) is 11.4 Å². The molecule has 1 aliphatic heterocycles. The number of rotatable bonds is 3. The van der Waals surface area contributed by atoms with Crippen molar-refractivity contribution in [1.82, 2.24) is 0 Å². The molecule has 2 aromatic rings. The van der Waals surface area contributed by atoms with Gasteiger partial charge < -0.3 is 10.6 Å². The van der Waals surface area contributed by atoms with E-state index in [9.17, 15) is 9.59 Å². The van der Waals surface area contributed by atoms with Crippen LogP contribution < -0.4 is 10.6 Å². The van der Waals surface area contributed by atoms with Gasteiger partial charge in [0.05, 0.1) is 11.4 Å². The third-order valence-electron chi connectivity index (χ3n) is 3.20. The number of amides is 2. The second kappa shape index (κ2) is 7.02. The van der Waals surface area contributed by atoms with E-state index in [-0.39, 0.29) is 11.8 Å². The summed E-state index contributed by atoms with van der Waals surface area (Å²) in [5, 5.41) is 5.60. The minimum Gasteiger partial charge on any atom is -0.324 e. The van der Waals surface area contributed by atoms with Gasteiger partial charge in [0.2, 0.25) is 11.8 Å². The monoisotopic (exact) mass is 388 g/mol. The van der Waals surface area contributed by atoms with Gasteiger partial charge in [-0.3, -0.25) is 9.59 Å². The lowest BCUT2D eigenvalue weighted by Gasteiger charge is -2.17. The van der Waals surface area contributed by atoms with Gasteiger partial charge in [-0.2, -0.15) is 0 Å². The highest BCUT2D eigenvalue weighted by atomic mass is 79.9. The van der Waals surface area contributed by atoms with Crippen LogP contribution in [-0.4, -0.2) is 17.6 Å². The summed E-state index contributed by atoms with van der Waals surface area (Å²) in [5.74, 6) is 0.170. The largest absolute Gasteiger partial charge is 0.324 e. The molecule has 0 saturated carbocycles. The summed E-state index contributed by atoms with van der Waals surface area (Å²) in [5.41, 5.74) is 2.31. The molecule has 0 unspecified atom stereocenters. The summed E-state index contributed by atoms with van der Waals surface area (Å²) in [4.78, 5) is 24.4. The summed E-state index contributed by atoms with van der Waals surface area (Å²) in [6.45, 7) is 0. The zero-order valence-electron chi connectivity index (χ0n) is 12.0. The SMILES string of the molecule is O=C(/C=C/c1ccccc1Br)Nc1ccc2c(c1)NC(=O)CS2. The Labute approximate surface area is 146 Å². The topological polar surface area (TPSA) is 58.2 Å². The molecule has 0 radical (unpaired) electrons. The van der Waals surface area contributed by atoms with Gasteiger partial charge in [-0.1, -0.05) is 34.1 Å². The van der Waals surface area contributed by atoms with Crippen molar-refractivity contribution in [1.29, 1.82) is 0 Å². The number of carbonyl (C=O) groups excluding carboxylic acids is 2. The number of halogens is 1. The van der Waals surface area contributed by atoms with Gasteiger partial charge in [-0.05, 0) is 35.9 Å². The van der Waals surface area contributed by atoms with E-state index in [0.717, 1.165) is 20.6 Å². The lowest BCUT2D eigenvalue weighted by atomic mass is 10.2. The summed E-state index contributed by atoms with van der Waals surface area (Å²) < 4.78 is 0.928. The summed E-state index contributed by atoms with van der Waals surface area (Å²) in [7, 11) is 0. The zero-order chi connectivity index (χ0) is 16.2. The molecule has 0 aromatic heterocycles. The third kappa shape index (κ3) is 4.03. The van der Waals surface area contributed by atoms with Crippen LogP contribution in [0.15, 0.2) is 57.9 Å². The molecular weight excluding hydrogens is 376 g/mol. The average molecular weight is 389 g/mol. The van der Waals surface area contributed by atoms with E-state index in [0.29, 0.717) is 11.4 Å². The van der Waals surface area contributed by atoms with Crippen LogP contribution in [0, 0.1) is 0 Å². The van der Waals surface area contributed by atoms with E-state index in [1.807, 2.05) is 36.4 Å². The molecule has 0 saturated heterocycles. The van der Waals surface area contributed by atoms with Crippen molar-refractivity contribution < 1.29 is 9.59 Å². The van der Waals surface area contributed by atoms with Crippen LogP contribution >= 0.6 is 27.7 Å². The molecule has 0 atom stereocenters. The van der Waals surface area contributed by atoms with E-state index >= 15 is 0 Å². The Bertz CT molecular complexity index is 805.